The third kappa shape index (κ3) is 2.06. The first-order valence-corrected chi connectivity index (χ1v) is 6.67. The molecule has 0 amide bonds. The van der Waals surface area contributed by atoms with Crippen LogP contribution < -0.4 is 4.74 Å². The van der Waals surface area contributed by atoms with Crippen molar-refractivity contribution >= 4 is 22.9 Å². The van der Waals surface area contributed by atoms with Gasteiger partial charge in [0.05, 0.1) is 6.10 Å². The second-order valence-corrected chi connectivity index (χ2v) is 5.47. The van der Waals surface area contributed by atoms with Crippen LogP contribution in [-0.2, 0) is 0 Å². The molecule has 1 aliphatic heterocycles. The van der Waals surface area contributed by atoms with Crippen molar-refractivity contribution in [2.45, 2.75) is 18.6 Å². The van der Waals surface area contributed by atoms with Crippen LogP contribution in [0.2, 0.25) is 5.02 Å². The lowest BCUT2D eigenvalue weighted by Gasteiger charge is -2.29. The number of halogens is 1. The van der Waals surface area contributed by atoms with Gasteiger partial charge in [-0.2, -0.15) is 0 Å². The van der Waals surface area contributed by atoms with Gasteiger partial charge in [0.2, 0.25) is 0 Å². The van der Waals surface area contributed by atoms with Gasteiger partial charge in [-0.15, -0.1) is 11.3 Å². The average molecular weight is 267 g/mol. The highest BCUT2D eigenvalue weighted by atomic mass is 35.5. The summed E-state index contributed by atoms with van der Waals surface area (Å²) in [5.41, 5.74) is 0.783. The van der Waals surface area contributed by atoms with Crippen molar-refractivity contribution in [3.05, 3.63) is 51.2 Å². The monoisotopic (exact) mass is 266 g/mol. The van der Waals surface area contributed by atoms with Gasteiger partial charge in [0.1, 0.15) is 11.9 Å². The van der Waals surface area contributed by atoms with Crippen LogP contribution in [-0.4, -0.2) is 5.11 Å². The molecule has 1 aromatic heterocycles. The highest BCUT2D eigenvalue weighted by Gasteiger charge is 2.28. The van der Waals surface area contributed by atoms with E-state index < -0.39 is 6.10 Å². The topological polar surface area (TPSA) is 29.5 Å². The largest absolute Gasteiger partial charge is 0.484 e. The minimum absolute atomic E-state index is 0.0568. The average Bonchev–Trinajstić information content (AvgIpc) is 2.83. The second-order valence-electron chi connectivity index (χ2n) is 4.06. The Bertz CT molecular complexity index is 524. The molecule has 0 saturated heterocycles. The molecule has 4 heteroatoms. The number of benzene rings is 1. The Balaban J connectivity index is 1.96. The number of ether oxygens (including phenoxy) is 1. The van der Waals surface area contributed by atoms with Crippen molar-refractivity contribution < 1.29 is 9.84 Å². The van der Waals surface area contributed by atoms with Crippen LogP contribution in [0.4, 0.5) is 0 Å². The Morgan fingerprint density at radius 3 is 3.00 bits per heavy atom. The molecule has 1 N–H and O–H groups in total. The van der Waals surface area contributed by atoms with Crippen LogP contribution in [0.1, 0.15) is 29.1 Å². The number of aliphatic hydroxyl groups is 1. The number of hydrogen-bond donors (Lipinski definition) is 1. The summed E-state index contributed by atoms with van der Waals surface area (Å²) < 4.78 is 5.89. The third-order valence-electron chi connectivity index (χ3n) is 2.90. The van der Waals surface area contributed by atoms with E-state index in [9.17, 15) is 5.11 Å². The highest BCUT2D eigenvalue weighted by Crippen LogP contribution is 2.42. The van der Waals surface area contributed by atoms with E-state index in [2.05, 4.69) is 0 Å². The van der Waals surface area contributed by atoms with Crippen molar-refractivity contribution in [2.24, 2.45) is 0 Å². The number of fused-ring (bicyclic) bond motifs is 1. The van der Waals surface area contributed by atoms with Crippen molar-refractivity contribution in [3.63, 3.8) is 0 Å². The van der Waals surface area contributed by atoms with Crippen LogP contribution in [0.3, 0.4) is 0 Å². The summed E-state index contributed by atoms with van der Waals surface area (Å²) >= 11 is 7.56. The number of aliphatic hydroxyl groups excluding tert-OH is 1. The SMILES string of the molecule is OC1CC(c2cccs2)Oc2ccc(Cl)cc21. The van der Waals surface area contributed by atoms with Crippen molar-refractivity contribution in [2.75, 3.05) is 0 Å². The van der Waals surface area contributed by atoms with Gasteiger partial charge < -0.3 is 9.84 Å². The van der Waals surface area contributed by atoms with Crippen LogP contribution in [0.5, 0.6) is 5.75 Å². The fourth-order valence-electron chi connectivity index (χ4n) is 2.07. The summed E-state index contributed by atoms with van der Waals surface area (Å²) in [6.45, 7) is 0. The molecule has 1 aliphatic rings. The first-order chi connectivity index (χ1) is 8.24. The second kappa shape index (κ2) is 4.33. The fourth-order valence-corrected chi connectivity index (χ4v) is 3.01. The highest BCUT2D eigenvalue weighted by molar-refractivity contribution is 7.10. The van der Waals surface area contributed by atoms with Gasteiger partial charge in [-0.25, -0.2) is 0 Å². The Hall–Kier alpha value is -1.03. The summed E-state index contributed by atoms with van der Waals surface area (Å²) in [7, 11) is 0. The van der Waals surface area contributed by atoms with E-state index in [1.165, 1.54) is 0 Å². The molecule has 0 radical (unpaired) electrons. The van der Waals surface area contributed by atoms with Crippen molar-refractivity contribution in [3.8, 4) is 5.75 Å². The predicted molar refractivity (Wildman–Crippen MR) is 68.7 cm³/mol. The zero-order valence-corrected chi connectivity index (χ0v) is 10.5. The van der Waals surface area contributed by atoms with E-state index in [1.54, 1.807) is 23.5 Å². The summed E-state index contributed by atoms with van der Waals surface area (Å²) in [6, 6.07) is 9.40. The van der Waals surface area contributed by atoms with E-state index in [0.717, 1.165) is 16.2 Å². The lowest BCUT2D eigenvalue weighted by atomic mass is 9.98. The molecular weight excluding hydrogens is 256 g/mol. The van der Waals surface area contributed by atoms with Gasteiger partial charge >= 0.3 is 0 Å². The smallest absolute Gasteiger partial charge is 0.136 e. The zero-order valence-electron chi connectivity index (χ0n) is 8.97. The van der Waals surface area contributed by atoms with E-state index >= 15 is 0 Å². The summed E-state index contributed by atoms with van der Waals surface area (Å²) in [5.74, 6) is 0.728. The third-order valence-corrected chi connectivity index (χ3v) is 4.10. The molecule has 0 bridgehead atoms. The Kier molecular flexibility index (Phi) is 2.82. The zero-order chi connectivity index (χ0) is 11.8. The van der Waals surface area contributed by atoms with Crippen molar-refractivity contribution in [1.82, 2.24) is 0 Å². The molecule has 0 saturated carbocycles. The maximum atomic E-state index is 10.1. The molecule has 2 heterocycles. The Labute approximate surface area is 108 Å². The molecule has 0 fully saturated rings. The van der Waals surface area contributed by atoms with Gasteiger partial charge in [-0.3, -0.25) is 0 Å². The number of thiophene rings is 1. The van der Waals surface area contributed by atoms with Crippen LogP contribution in [0.25, 0.3) is 0 Å². The molecule has 2 atom stereocenters. The lowest BCUT2D eigenvalue weighted by molar-refractivity contribution is 0.0674. The molecular formula is C13H11ClO2S. The van der Waals surface area contributed by atoms with Crippen LogP contribution >= 0.6 is 22.9 Å². The van der Waals surface area contributed by atoms with E-state index in [-0.39, 0.29) is 6.10 Å². The van der Waals surface area contributed by atoms with E-state index in [0.29, 0.717) is 11.4 Å². The predicted octanol–water partition coefficient (Wildman–Crippen LogP) is 3.96. The summed E-state index contributed by atoms with van der Waals surface area (Å²) in [4.78, 5) is 1.14. The molecule has 17 heavy (non-hydrogen) atoms. The maximum absolute atomic E-state index is 10.1. The van der Waals surface area contributed by atoms with E-state index in [4.69, 9.17) is 16.3 Å². The molecule has 0 spiro atoms. The minimum atomic E-state index is -0.510. The first-order valence-electron chi connectivity index (χ1n) is 5.41. The molecule has 2 nitrogen and oxygen atoms in total. The molecule has 2 aromatic rings. The molecule has 2 unspecified atom stereocenters. The number of rotatable bonds is 1. The van der Waals surface area contributed by atoms with Crippen LogP contribution in [0, 0.1) is 0 Å². The standard InChI is InChI=1S/C13H11ClO2S/c14-8-3-4-11-9(6-8)10(15)7-12(16-11)13-2-1-5-17-13/h1-6,10,12,15H,7H2. The maximum Gasteiger partial charge on any atom is 0.136 e. The minimum Gasteiger partial charge on any atom is -0.484 e. The van der Waals surface area contributed by atoms with Crippen LogP contribution in [0.15, 0.2) is 35.7 Å². The molecule has 88 valence electrons. The van der Waals surface area contributed by atoms with E-state index in [1.807, 2.05) is 23.6 Å². The molecule has 1 aromatic carbocycles. The quantitative estimate of drug-likeness (QED) is 0.847. The fraction of sp³-hybridized carbons (Fsp3) is 0.231. The number of hydrogen-bond acceptors (Lipinski definition) is 3. The molecule has 3 rings (SSSR count). The Morgan fingerprint density at radius 1 is 1.35 bits per heavy atom. The van der Waals surface area contributed by atoms with Crippen molar-refractivity contribution in [1.29, 1.82) is 0 Å². The molecule has 0 aliphatic carbocycles. The summed E-state index contributed by atoms with van der Waals surface area (Å²) in [6.07, 6.45) is 0.0108. The van der Waals surface area contributed by atoms with Gasteiger partial charge in [-0.1, -0.05) is 17.7 Å². The summed E-state index contributed by atoms with van der Waals surface area (Å²) in [5, 5.41) is 12.8. The van der Waals surface area contributed by atoms with Gasteiger partial charge in [-0.05, 0) is 29.6 Å². The normalized spacial score (nSPS) is 22.9. The first kappa shape index (κ1) is 11.1. The van der Waals surface area contributed by atoms with Gasteiger partial charge in [0.25, 0.3) is 0 Å². The lowest BCUT2D eigenvalue weighted by Crippen LogP contribution is -2.18. The van der Waals surface area contributed by atoms with Gasteiger partial charge in [0, 0.05) is 21.9 Å². The Morgan fingerprint density at radius 2 is 2.24 bits per heavy atom. The van der Waals surface area contributed by atoms with Gasteiger partial charge in [0.15, 0.2) is 0 Å².